The molecule has 0 unspecified atom stereocenters. The molecule has 142 valence electrons. The van der Waals surface area contributed by atoms with E-state index in [1.807, 2.05) is 13.8 Å². The van der Waals surface area contributed by atoms with Crippen LogP contribution in [0.3, 0.4) is 0 Å². The first kappa shape index (κ1) is 21.1. The molecule has 0 radical (unpaired) electrons. The van der Waals surface area contributed by atoms with Crippen LogP contribution in [0.15, 0.2) is 0 Å². The number of carbonyl (C=O) groups is 1. The van der Waals surface area contributed by atoms with Gasteiger partial charge in [-0.15, -0.1) is 0 Å². The number of rotatable bonds is 9. The Morgan fingerprint density at radius 3 is 2.42 bits per heavy atom. The zero-order chi connectivity index (χ0) is 18.2. The Kier molecular flexibility index (Phi) is 8.96. The molecular formula is C15H30N2O6S. The second kappa shape index (κ2) is 10.2. The topological polar surface area (TPSA) is 94.2 Å². The summed E-state index contributed by atoms with van der Waals surface area (Å²) >= 11 is 0. The fourth-order valence-electron chi connectivity index (χ4n) is 2.38. The van der Waals surface area contributed by atoms with Gasteiger partial charge in [-0.3, -0.25) is 0 Å². The average molecular weight is 366 g/mol. The zero-order valence-corrected chi connectivity index (χ0v) is 15.8. The standard InChI is InChI=1S/C15H30N2O6S/c1-12(2)23-14(9-17(3)24(4,19)20)11-22-15(18)21-10-13-5-7-16-8-6-13/h12-14,16H,5-11H2,1-4H3/t14-/m0/s1. The SMILES string of the molecule is CC(C)O[C@H](COC(=O)OCC1CCNCC1)CN(C)S(C)(=O)=O. The maximum atomic E-state index is 11.7. The summed E-state index contributed by atoms with van der Waals surface area (Å²) in [6.07, 6.45) is 1.67. The van der Waals surface area contributed by atoms with Gasteiger partial charge in [-0.25, -0.2) is 17.5 Å². The molecule has 1 aliphatic heterocycles. The first-order valence-electron chi connectivity index (χ1n) is 8.25. The van der Waals surface area contributed by atoms with Crippen molar-refractivity contribution in [1.29, 1.82) is 0 Å². The molecule has 8 nitrogen and oxygen atoms in total. The third-order valence-corrected chi connectivity index (χ3v) is 5.06. The molecule has 0 spiro atoms. The number of ether oxygens (including phenoxy) is 3. The van der Waals surface area contributed by atoms with E-state index in [4.69, 9.17) is 14.2 Å². The summed E-state index contributed by atoms with van der Waals surface area (Å²) in [5, 5.41) is 3.25. The van der Waals surface area contributed by atoms with Crippen LogP contribution in [0, 0.1) is 5.92 Å². The van der Waals surface area contributed by atoms with Crippen molar-refractivity contribution in [1.82, 2.24) is 9.62 Å². The van der Waals surface area contributed by atoms with Crippen molar-refractivity contribution in [3.05, 3.63) is 0 Å². The van der Waals surface area contributed by atoms with Crippen molar-refractivity contribution in [3.63, 3.8) is 0 Å². The lowest BCUT2D eigenvalue weighted by molar-refractivity contribution is -0.0470. The molecule has 1 saturated heterocycles. The van der Waals surface area contributed by atoms with Crippen molar-refractivity contribution in [2.24, 2.45) is 5.92 Å². The molecule has 1 atom stereocenters. The summed E-state index contributed by atoms with van der Waals surface area (Å²) in [6, 6.07) is 0. The average Bonchev–Trinajstić information content (AvgIpc) is 2.50. The molecule has 1 rings (SSSR count). The number of likely N-dealkylation sites (N-methyl/N-ethyl adjacent to an activating group) is 1. The summed E-state index contributed by atoms with van der Waals surface area (Å²) in [6.45, 7) is 5.95. The molecule has 24 heavy (non-hydrogen) atoms. The van der Waals surface area contributed by atoms with Gasteiger partial charge in [0.2, 0.25) is 10.0 Å². The van der Waals surface area contributed by atoms with Gasteiger partial charge in [-0.1, -0.05) is 0 Å². The van der Waals surface area contributed by atoms with Crippen molar-refractivity contribution >= 4 is 16.2 Å². The van der Waals surface area contributed by atoms with Gasteiger partial charge in [0.1, 0.15) is 12.7 Å². The number of hydrogen-bond donors (Lipinski definition) is 1. The summed E-state index contributed by atoms with van der Waals surface area (Å²) in [5.41, 5.74) is 0. The van der Waals surface area contributed by atoms with Gasteiger partial charge in [-0.05, 0) is 45.7 Å². The lowest BCUT2D eigenvalue weighted by Gasteiger charge is -2.25. The van der Waals surface area contributed by atoms with E-state index < -0.39 is 22.3 Å². The van der Waals surface area contributed by atoms with Gasteiger partial charge >= 0.3 is 6.16 Å². The van der Waals surface area contributed by atoms with E-state index in [0.717, 1.165) is 32.2 Å². The fourth-order valence-corrected chi connectivity index (χ4v) is 2.82. The molecule has 0 aliphatic carbocycles. The van der Waals surface area contributed by atoms with E-state index in [9.17, 15) is 13.2 Å². The highest BCUT2D eigenvalue weighted by molar-refractivity contribution is 7.88. The van der Waals surface area contributed by atoms with Gasteiger partial charge in [0.25, 0.3) is 0 Å². The Labute approximate surface area is 144 Å². The van der Waals surface area contributed by atoms with Crippen LogP contribution in [-0.2, 0) is 24.2 Å². The van der Waals surface area contributed by atoms with Gasteiger partial charge in [0, 0.05) is 13.6 Å². The number of nitrogens with zero attached hydrogens (tertiary/aromatic N) is 1. The molecule has 9 heteroatoms. The Balaban J connectivity index is 2.38. The van der Waals surface area contributed by atoms with Crippen LogP contribution >= 0.6 is 0 Å². The van der Waals surface area contributed by atoms with E-state index >= 15 is 0 Å². The highest BCUT2D eigenvalue weighted by atomic mass is 32.2. The summed E-state index contributed by atoms with van der Waals surface area (Å²) in [4.78, 5) is 11.7. The van der Waals surface area contributed by atoms with Gasteiger partial charge in [0.15, 0.2) is 0 Å². The van der Waals surface area contributed by atoms with Crippen molar-refractivity contribution < 1.29 is 27.4 Å². The van der Waals surface area contributed by atoms with Crippen molar-refractivity contribution in [2.75, 3.05) is 46.2 Å². The third kappa shape index (κ3) is 8.81. The zero-order valence-electron chi connectivity index (χ0n) is 15.0. The van der Waals surface area contributed by atoms with E-state index in [1.165, 1.54) is 11.4 Å². The molecule has 0 aromatic carbocycles. The number of nitrogens with one attached hydrogen (secondary N) is 1. The third-order valence-electron chi connectivity index (χ3n) is 3.77. The lowest BCUT2D eigenvalue weighted by Crippen LogP contribution is -2.39. The Morgan fingerprint density at radius 1 is 1.25 bits per heavy atom. The molecule has 0 amide bonds. The minimum absolute atomic E-state index is 0.0525. The van der Waals surface area contributed by atoms with Crippen LogP contribution in [0.5, 0.6) is 0 Å². The Morgan fingerprint density at radius 2 is 1.88 bits per heavy atom. The van der Waals surface area contributed by atoms with E-state index in [2.05, 4.69) is 5.32 Å². The maximum Gasteiger partial charge on any atom is 0.508 e. The first-order chi connectivity index (χ1) is 11.2. The normalized spacial score (nSPS) is 17.9. The molecule has 0 saturated carbocycles. The van der Waals surface area contributed by atoms with E-state index in [0.29, 0.717) is 12.5 Å². The van der Waals surface area contributed by atoms with E-state index in [-0.39, 0.29) is 19.3 Å². The monoisotopic (exact) mass is 366 g/mol. The van der Waals surface area contributed by atoms with Crippen molar-refractivity contribution in [2.45, 2.75) is 38.9 Å². The molecular weight excluding hydrogens is 336 g/mol. The smallest absolute Gasteiger partial charge is 0.434 e. The number of sulfonamides is 1. The molecule has 1 heterocycles. The minimum atomic E-state index is -3.32. The maximum absolute atomic E-state index is 11.7. The van der Waals surface area contributed by atoms with Gasteiger partial charge in [-0.2, -0.15) is 0 Å². The Hall–Kier alpha value is -0.900. The highest BCUT2D eigenvalue weighted by Crippen LogP contribution is 2.12. The second-order valence-corrected chi connectivity index (χ2v) is 8.51. The second-order valence-electron chi connectivity index (χ2n) is 6.42. The molecule has 1 N–H and O–H groups in total. The van der Waals surface area contributed by atoms with Crippen LogP contribution in [0.2, 0.25) is 0 Å². The fraction of sp³-hybridized carbons (Fsp3) is 0.933. The van der Waals surface area contributed by atoms with Crippen LogP contribution in [0.25, 0.3) is 0 Å². The molecule has 1 aliphatic rings. The van der Waals surface area contributed by atoms with Crippen LogP contribution in [-0.4, -0.2) is 77.2 Å². The summed E-state index contributed by atoms with van der Waals surface area (Å²) in [5.74, 6) is 0.359. The summed E-state index contributed by atoms with van der Waals surface area (Å²) in [7, 11) is -1.86. The molecule has 0 bridgehead atoms. The first-order valence-corrected chi connectivity index (χ1v) is 10.1. The van der Waals surface area contributed by atoms with Crippen molar-refractivity contribution in [3.8, 4) is 0 Å². The van der Waals surface area contributed by atoms with Crippen LogP contribution < -0.4 is 5.32 Å². The van der Waals surface area contributed by atoms with Crippen LogP contribution in [0.4, 0.5) is 4.79 Å². The van der Waals surface area contributed by atoms with Gasteiger partial charge in [0.05, 0.1) is 19.0 Å². The molecule has 1 fully saturated rings. The highest BCUT2D eigenvalue weighted by Gasteiger charge is 2.22. The quantitative estimate of drug-likeness (QED) is 0.604. The number of carbonyl (C=O) groups excluding carboxylic acids is 1. The number of piperidine rings is 1. The Bertz CT molecular complexity index is 476. The summed E-state index contributed by atoms with van der Waals surface area (Å²) < 4.78 is 40.0. The van der Waals surface area contributed by atoms with E-state index in [1.54, 1.807) is 0 Å². The predicted octanol–water partition coefficient (Wildman–Crippen LogP) is 0.824. The largest absolute Gasteiger partial charge is 0.508 e. The predicted molar refractivity (Wildman–Crippen MR) is 90.4 cm³/mol. The minimum Gasteiger partial charge on any atom is -0.434 e. The number of hydrogen-bond acceptors (Lipinski definition) is 7. The van der Waals surface area contributed by atoms with Gasteiger partial charge < -0.3 is 19.5 Å². The van der Waals surface area contributed by atoms with Crippen LogP contribution in [0.1, 0.15) is 26.7 Å². The lowest BCUT2D eigenvalue weighted by atomic mass is 9.99. The molecule has 0 aromatic heterocycles. The molecule has 0 aromatic rings.